The van der Waals surface area contributed by atoms with Gasteiger partial charge in [0.25, 0.3) is 11.5 Å². The normalized spacial score (nSPS) is 18.4. The van der Waals surface area contributed by atoms with Crippen molar-refractivity contribution in [1.82, 2.24) is 20.4 Å². The third-order valence-electron chi connectivity index (χ3n) is 7.15. The number of rotatable bonds is 6. The quantitative estimate of drug-likeness (QED) is 0.624. The lowest BCUT2D eigenvalue weighted by molar-refractivity contribution is 0.0536. The minimum absolute atomic E-state index is 0.0804. The van der Waals surface area contributed by atoms with Crippen LogP contribution in [0.15, 0.2) is 47.3 Å². The number of nitrogens with zero attached hydrogens (tertiary/aromatic N) is 2. The molecule has 2 fully saturated rings. The fraction of sp³-hybridized carbons (Fsp3) is 0.400. The number of aromatic nitrogens is 2. The molecule has 1 aliphatic carbocycles. The molecular formula is C25H27FN4O2. The summed E-state index contributed by atoms with van der Waals surface area (Å²) in [5.41, 5.74) is 1.67. The van der Waals surface area contributed by atoms with Crippen LogP contribution in [-0.4, -0.2) is 46.2 Å². The van der Waals surface area contributed by atoms with Gasteiger partial charge in [0, 0.05) is 37.0 Å². The van der Waals surface area contributed by atoms with Crippen molar-refractivity contribution in [2.45, 2.75) is 45.2 Å². The van der Waals surface area contributed by atoms with Crippen molar-refractivity contribution < 1.29 is 9.18 Å². The van der Waals surface area contributed by atoms with Crippen molar-refractivity contribution >= 4 is 16.7 Å². The van der Waals surface area contributed by atoms with Crippen molar-refractivity contribution in [3.63, 3.8) is 0 Å². The van der Waals surface area contributed by atoms with Crippen LogP contribution >= 0.6 is 0 Å². The molecule has 1 saturated heterocycles. The Bertz CT molecular complexity index is 1240. The molecule has 7 heteroatoms. The number of aromatic amines is 1. The van der Waals surface area contributed by atoms with E-state index in [1.54, 1.807) is 29.2 Å². The number of amides is 1. The zero-order valence-electron chi connectivity index (χ0n) is 18.3. The van der Waals surface area contributed by atoms with E-state index in [1.165, 1.54) is 18.9 Å². The van der Waals surface area contributed by atoms with E-state index in [9.17, 15) is 14.0 Å². The Morgan fingerprint density at radius 1 is 1.25 bits per heavy atom. The first kappa shape index (κ1) is 20.8. The Balaban J connectivity index is 1.30. The van der Waals surface area contributed by atoms with Crippen molar-refractivity contribution in [2.24, 2.45) is 5.41 Å². The van der Waals surface area contributed by atoms with Crippen LogP contribution in [0.5, 0.6) is 0 Å². The molecule has 3 aromatic rings. The first-order chi connectivity index (χ1) is 15.3. The molecule has 1 aliphatic heterocycles. The van der Waals surface area contributed by atoms with Crippen LogP contribution in [0.1, 0.15) is 48.3 Å². The monoisotopic (exact) mass is 434 g/mol. The van der Waals surface area contributed by atoms with E-state index in [4.69, 9.17) is 0 Å². The summed E-state index contributed by atoms with van der Waals surface area (Å²) in [5.74, 6) is -0.805. The molecule has 2 heterocycles. The fourth-order valence-corrected chi connectivity index (χ4v) is 4.45. The Kier molecular flexibility index (Phi) is 5.08. The second-order valence-electron chi connectivity index (χ2n) is 9.49. The Morgan fingerprint density at radius 2 is 1.97 bits per heavy atom. The Morgan fingerprint density at radius 3 is 2.69 bits per heavy atom. The molecule has 0 spiro atoms. The predicted octanol–water partition coefficient (Wildman–Crippen LogP) is 3.26. The molecule has 1 saturated carbocycles. The number of carbonyl (C=O) groups excluding carboxylic acids is 1. The zero-order chi connectivity index (χ0) is 22.5. The van der Waals surface area contributed by atoms with Crippen LogP contribution in [0.2, 0.25) is 0 Å². The molecule has 2 N–H and O–H groups in total. The SMILES string of the molecule is CC(NC1CN(C(=O)c2cc(Cc3n[nH]c(=O)c4ccccc34)ccc2F)C1)C1(C)CC1. The van der Waals surface area contributed by atoms with E-state index in [0.717, 1.165) is 10.9 Å². The lowest BCUT2D eigenvalue weighted by atomic mass is 9.97. The molecule has 0 radical (unpaired) electrons. The number of hydrogen-bond donors (Lipinski definition) is 2. The highest BCUT2D eigenvalue weighted by molar-refractivity contribution is 5.95. The summed E-state index contributed by atoms with van der Waals surface area (Å²) >= 11 is 0. The summed E-state index contributed by atoms with van der Waals surface area (Å²) in [4.78, 5) is 26.6. The second-order valence-corrected chi connectivity index (χ2v) is 9.49. The van der Waals surface area contributed by atoms with Crippen molar-refractivity contribution in [2.75, 3.05) is 13.1 Å². The number of likely N-dealkylation sites (tertiary alicyclic amines) is 1. The van der Waals surface area contributed by atoms with Crippen LogP contribution in [0.4, 0.5) is 4.39 Å². The fourth-order valence-electron chi connectivity index (χ4n) is 4.45. The maximum Gasteiger partial charge on any atom is 0.272 e. The van der Waals surface area contributed by atoms with Crippen LogP contribution in [0, 0.1) is 11.2 Å². The van der Waals surface area contributed by atoms with Gasteiger partial charge >= 0.3 is 0 Å². The van der Waals surface area contributed by atoms with Crippen LogP contribution in [-0.2, 0) is 6.42 Å². The largest absolute Gasteiger partial charge is 0.335 e. The maximum atomic E-state index is 14.5. The molecule has 1 amide bonds. The highest BCUT2D eigenvalue weighted by Crippen LogP contribution is 2.48. The summed E-state index contributed by atoms with van der Waals surface area (Å²) < 4.78 is 14.5. The van der Waals surface area contributed by atoms with E-state index in [2.05, 4.69) is 29.4 Å². The van der Waals surface area contributed by atoms with Gasteiger partial charge in [-0.1, -0.05) is 31.2 Å². The van der Waals surface area contributed by atoms with Gasteiger partial charge in [0.15, 0.2) is 0 Å². The summed E-state index contributed by atoms with van der Waals surface area (Å²) in [6, 6.07) is 12.5. The lowest BCUT2D eigenvalue weighted by Crippen LogP contribution is -2.62. The predicted molar refractivity (Wildman–Crippen MR) is 121 cm³/mol. The van der Waals surface area contributed by atoms with Gasteiger partial charge in [-0.2, -0.15) is 5.10 Å². The third kappa shape index (κ3) is 3.81. The second kappa shape index (κ2) is 7.81. The number of nitrogens with one attached hydrogen (secondary N) is 2. The van der Waals surface area contributed by atoms with Gasteiger partial charge in [-0.05, 0) is 48.9 Å². The molecule has 2 aromatic carbocycles. The first-order valence-corrected chi connectivity index (χ1v) is 11.1. The van der Waals surface area contributed by atoms with Gasteiger partial charge in [-0.15, -0.1) is 0 Å². The summed E-state index contributed by atoms with van der Waals surface area (Å²) in [6.45, 7) is 5.67. The average Bonchev–Trinajstić information content (AvgIpc) is 3.52. The van der Waals surface area contributed by atoms with Crippen molar-refractivity contribution in [1.29, 1.82) is 0 Å². The maximum absolute atomic E-state index is 14.5. The summed E-state index contributed by atoms with van der Waals surface area (Å²) in [5, 5.41) is 11.6. The van der Waals surface area contributed by atoms with E-state index >= 15 is 0 Å². The number of halogens is 1. The number of benzene rings is 2. The topological polar surface area (TPSA) is 78.1 Å². The third-order valence-corrected chi connectivity index (χ3v) is 7.15. The highest BCUT2D eigenvalue weighted by atomic mass is 19.1. The van der Waals surface area contributed by atoms with Crippen LogP contribution in [0.3, 0.4) is 0 Å². The van der Waals surface area contributed by atoms with Crippen molar-refractivity contribution in [3.05, 3.63) is 75.5 Å². The van der Waals surface area contributed by atoms with E-state index in [-0.39, 0.29) is 23.1 Å². The molecule has 0 bridgehead atoms. The van der Waals surface area contributed by atoms with E-state index in [1.807, 2.05) is 12.1 Å². The van der Waals surface area contributed by atoms with Gasteiger partial charge in [-0.3, -0.25) is 9.59 Å². The average molecular weight is 435 g/mol. The van der Waals surface area contributed by atoms with E-state index < -0.39 is 5.82 Å². The Labute approximate surface area is 185 Å². The lowest BCUT2D eigenvalue weighted by Gasteiger charge is -2.42. The molecular weight excluding hydrogens is 407 g/mol. The van der Waals surface area contributed by atoms with Gasteiger partial charge in [-0.25, -0.2) is 9.49 Å². The number of fused-ring (bicyclic) bond motifs is 1. The first-order valence-electron chi connectivity index (χ1n) is 11.1. The minimum atomic E-state index is -0.520. The van der Waals surface area contributed by atoms with Crippen LogP contribution in [0.25, 0.3) is 10.8 Å². The summed E-state index contributed by atoms with van der Waals surface area (Å²) in [7, 11) is 0. The zero-order valence-corrected chi connectivity index (χ0v) is 18.3. The molecule has 1 atom stereocenters. The number of H-pyrrole nitrogens is 1. The van der Waals surface area contributed by atoms with Gasteiger partial charge < -0.3 is 10.2 Å². The van der Waals surface area contributed by atoms with Gasteiger partial charge in [0.2, 0.25) is 0 Å². The highest BCUT2D eigenvalue weighted by Gasteiger charge is 2.44. The van der Waals surface area contributed by atoms with Crippen LogP contribution < -0.4 is 10.9 Å². The molecule has 1 unspecified atom stereocenters. The van der Waals surface area contributed by atoms with Gasteiger partial charge in [0.1, 0.15) is 5.82 Å². The van der Waals surface area contributed by atoms with Gasteiger partial charge in [0.05, 0.1) is 16.6 Å². The molecule has 6 nitrogen and oxygen atoms in total. The standard InChI is InChI=1S/C25H27FN4O2/c1-15(25(2)9-10-25)27-17-13-30(14-17)24(32)20-11-16(7-8-21(20)26)12-22-18-5-3-4-6-19(18)23(31)29-28-22/h3-8,11,15,17,27H,9-10,12-14H2,1-2H3,(H,29,31). The molecule has 166 valence electrons. The number of carbonyl (C=O) groups is 1. The minimum Gasteiger partial charge on any atom is -0.335 e. The molecule has 2 aliphatic rings. The molecule has 32 heavy (non-hydrogen) atoms. The van der Waals surface area contributed by atoms with E-state index in [0.29, 0.717) is 42.0 Å². The Hall–Kier alpha value is -3.06. The van der Waals surface area contributed by atoms with Crippen molar-refractivity contribution in [3.8, 4) is 0 Å². The number of hydrogen-bond acceptors (Lipinski definition) is 4. The summed E-state index contributed by atoms with van der Waals surface area (Å²) in [6.07, 6.45) is 2.88. The molecule has 5 rings (SSSR count). The smallest absolute Gasteiger partial charge is 0.272 e. The molecule has 1 aromatic heterocycles.